The van der Waals surface area contributed by atoms with Crippen molar-refractivity contribution in [3.05, 3.63) is 395 Å². The molecular formula is C105H65N11S2. The molecule has 7 heterocycles. The molecule has 7 aromatic heterocycles. The molecule has 0 saturated heterocycles. The van der Waals surface area contributed by atoms with E-state index in [4.69, 9.17) is 54.8 Å². The van der Waals surface area contributed by atoms with Crippen LogP contribution in [0.25, 0.3) is 220 Å². The van der Waals surface area contributed by atoms with Crippen LogP contribution in [-0.2, 0) is 0 Å². The van der Waals surface area contributed by atoms with Crippen LogP contribution in [0.5, 0.6) is 0 Å². The highest BCUT2D eigenvalue weighted by Crippen LogP contribution is 2.42. The highest BCUT2D eigenvalue weighted by Gasteiger charge is 2.20. The minimum atomic E-state index is 0.625. The number of hydrogen-bond acceptors (Lipinski definition) is 13. The Bertz CT molecular complexity index is 7520. The normalized spacial score (nSPS) is 11.4. The molecule has 0 amide bonds. The zero-order valence-electron chi connectivity index (χ0n) is 63.3. The first kappa shape index (κ1) is 70.5. The fraction of sp³-hybridized carbons (Fsp3) is 0. The fourth-order valence-corrected chi connectivity index (χ4v) is 17.5. The van der Waals surface area contributed by atoms with Crippen molar-refractivity contribution in [1.82, 2.24) is 54.8 Å². The monoisotopic (exact) mass is 1540 g/mol. The molecule has 0 aliphatic carbocycles. The van der Waals surface area contributed by atoms with Gasteiger partial charge in [0.15, 0.2) is 34.9 Å². The summed E-state index contributed by atoms with van der Waals surface area (Å²) in [7, 11) is 0. The molecule has 11 nitrogen and oxygen atoms in total. The van der Waals surface area contributed by atoms with Gasteiger partial charge in [-0.15, -0.1) is 22.7 Å². The summed E-state index contributed by atoms with van der Waals surface area (Å²) < 4.78 is 2.23. The van der Waals surface area contributed by atoms with Crippen LogP contribution in [0, 0.1) is 0 Å². The molecule has 0 spiro atoms. The molecule has 15 aromatic carbocycles. The Morgan fingerprint density at radius 1 is 0.178 bits per heavy atom. The smallest absolute Gasteiger partial charge is 0.164 e. The Morgan fingerprint density at radius 3 is 0.924 bits per heavy atom. The van der Waals surface area contributed by atoms with Crippen molar-refractivity contribution in [2.45, 2.75) is 0 Å². The zero-order chi connectivity index (χ0) is 78.2. The molecule has 22 aromatic rings. The molecule has 0 fully saturated rings. The lowest BCUT2D eigenvalue weighted by Crippen LogP contribution is -2.00. The van der Waals surface area contributed by atoms with Gasteiger partial charge < -0.3 is 0 Å². The quantitative estimate of drug-likeness (QED) is 0.103. The number of rotatable bonds is 14. The molecule has 0 saturated carbocycles. The molecule has 0 unspecified atom stereocenters. The molecule has 0 radical (unpaired) electrons. The summed E-state index contributed by atoms with van der Waals surface area (Å²) in [6.07, 6.45) is 1.67. The molecule has 552 valence electrons. The minimum absolute atomic E-state index is 0.625. The van der Waals surface area contributed by atoms with Crippen LogP contribution >= 0.6 is 22.7 Å². The maximum Gasteiger partial charge on any atom is 0.164 e. The van der Waals surface area contributed by atoms with E-state index >= 15 is 0 Å². The Hall–Kier alpha value is -15.4. The van der Waals surface area contributed by atoms with E-state index in [2.05, 4.69) is 279 Å². The number of fused-ring (bicyclic) bond motifs is 8. The average Bonchev–Trinajstić information content (AvgIpc) is 1.61. The lowest BCUT2D eigenvalue weighted by atomic mass is 9.96. The van der Waals surface area contributed by atoms with Crippen molar-refractivity contribution in [3.8, 4) is 157 Å². The number of benzene rings is 15. The molecule has 0 atom stereocenters. The summed E-state index contributed by atoms with van der Waals surface area (Å²) >= 11 is 3.35. The standard InChI is InChI=1S/C53H33N5S.C52H32N6S/c1-3-11-34(12-4-1)35-21-25-38(26-22-35)51-56-50(37-13-5-2-6-14-37)57-52(58-51)39-27-23-36(24-28-39)40-15-9-16-41(31-40)42-17-10-18-43(32-42)44-29-30-45-48(33-44)59-53-49(45)54-46-19-7-8-20-47(46)55-53;1-3-11-33(12-4-1)34-21-25-37(26-22-34)50-56-49(36-13-5-2-6-14-36)57-51(58-50)38-27-23-35(24-28-38)39-16-9-17-40(29-39)41-18-10-19-43(30-41)46-48-47(54-32-53-46)44-31-42-15-7-8-20-45(42)55-52(44)59-48/h1-33H;1-32H. The van der Waals surface area contributed by atoms with Crippen LogP contribution < -0.4 is 0 Å². The highest BCUT2D eigenvalue weighted by molar-refractivity contribution is 7.26. The predicted molar refractivity (Wildman–Crippen MR) is 486 cm³/mol. The van der Waals surface area contributed by atoms with Crippen molar-refractivity contribution in [3.63, 3.8) is 0 Å². The van der Waals surface area contributed by atoms with Crippen LogP contribution in [0.2, 0.25) is 0 Å². The van der Waals surface area contributed by atoms with Crippen LogP contribution in [0.4, 0.5) is 0 Å². The summed E-state index contributed by atoms with van der Waals surface area (Å²) in [4.78, 5) is 56.1. The molecular weight excluding hydrogens is 1480 g/mol. The third kappa shape index (κ3) is 14.1. The molecule has 13 heteroatoms. The van der Waals surface area contributed by atoms with Gasteiger partial charge >= 0.3 is 0 Å². The van der Waals surface area contributed by atoms with Gasteiger partial charge in [0.05, 0.1) is 32.5 Å². The van der Waals surface area contributed by atoms with Gasteiger partial charge in [0.2, 0.25) is 0 Å². The first-order chi connectivity index (χ1) is 58.4. The van der Waals surface area contributed by atoms with Crippen molar-refractivity contribution >= 4 is 85.5 Å². The van der Waals surface area contributed by atoms with E-state index in [0.717, 1.165) is 158 Å². The van der Waals surface area contributed by atoms with Gasteiger partial charge in [-0.3, -0.25) is 0 Å². The molecule has 118 heavy (non-hydrogen) atoms. The number of nitrogens with zero attached hydrogens (tertiary/aromatic N) is 11. The lowest BCUT2D eigenvalue weighted by molar-refractivity contribution is 1.07. The molecule has 0 bridgehead atoms. The van der Waals surface area contributed by atoms with E-state index in [9.17, 15) is 0 Å². The predicted octanol–water partition coefficient (Wildman–Crippen LogP) is 27.1. The van der Waals surface area contributed by atoms with Crippen molar-refractivity contribution < 1.29 is 0 Å². The van der Waals surface area contributed by atoms with E-state index in [1.165, 1.54) is 27.0 Å². The first-order valence-corrected chi connectivity index (χ1v) is 40.6. The number of hydrogen-bond donors (Lipinski definition) is 0. The largest absolute Gasteiger partial charge is 0.243 e. The van der Waals surface area contributed by atoms with Crippen LogP contribution in [0.15, 0.2) is 395 Å². The number of para-hydroxylation sites is 3. The number of pyridine rings is 1. The van der Waals surface area contributed by atoms with E-state index in [1.54, 1.807) is 29.0 Å². The van der Waals surface area contributed by atoms with Crippen molar-refractivity contribution in [1.29, 1.82) is 0 Å². The molecule has 0 aliphatic heterocycles. The van der Waals surface area contributed by atoms with Gasteiger partial charge in [-0.1, -0.05) is 334 Å². The molecule has 0 N–H and O–H groups in total. The minimum Gasteiger partial charge on any atom is -0.243 e. The average molecular weight is 1540 g/mol. The van der Waals surface area contributed by atoms with Crippen LogP contribution in [0.1, 0.15) is 0 Å². The molecule has 0 aliphatic rings. The summed E-state index contributed by atoms with van der Waals surface area (Å²) in [5.74, 6) is 3.80. The Kier molecular flexibility index (Phi) is 18.4. The highest BCUT2D eigenvalue weighted by atomic mass is 32.1. The Balaban J connectivity index is 0.000000147. The summed E-state index contributed by atoms with van der Waals surface area (Å²) in [6.45, 7) is 0. The van der Waals surface area contributed by atoms with Gasteiger partial charge in [0.1, 0.15) is 21.5 Å². The maximum absolute atomic E-state index is 5.00. The first-order valence-electron chi connectivity index (χ1n) is 39.0. The van der Waals surface area contributed by atoms with Gasteiger partial charge in [-0.05, 0) is 132 Å². The van der Waals surface area contributed by atoms with Gasteiger partial charge in [0.25, 0.3) is 0 Å². The second-order valence-electron chi connectivity index (χ2n) is 28.9. The van der Waals surface area contributed by atoms with E-state index in [0.29, 0.717) is 34.9 Å². The van der Waals surface area contributed by atoms with Gasteiger partial charge in [-0.25, -0.2) is 54.8 Å². The Labute approximate surface area is 687 Å². The summed E-state index contributed by atoms with van der Waals surface area (Å²) in [5, 5.41) is 3.31. The third-order valence-electron chi connectivity index (χ3n) is 21.4. The topological polar surface area (TPSA) is 142 Å². The molecule has 22 rings (SSSR count). The summed E-state index contributed by atoms with van der Waals surface area (Å²) in [5.41, 5.74) is 28.3. The van der Waals surface area contributed by atoms with Crippen LogP contribution in [0.3, 0.4) is 0 Å². The number of thiophene rings is 2. The fourth-order valence-electron chi connectivity index (χ4n) is 15.3. The van der Waals surface area contributed by atoms with Crippen molar-refractivity contribution in [2.24, 2.45) is 0 Å². The van der Waals surface area contributed by atoms with E-state index < -0.39 is 0 Å². The zero-order valence-corrected chi connectivity index (χ0v) is 64.9. The summed E-state index contributed by atoms with van der Waals surface area (Å²) in [6, 6.07) is 135. The van der Waals surface area contributed by atoms with Gasteiger partial charge in [-0.2, -0.15) is 0 Å². The van der Waals surface area contributed by atoms with E-state index in [-0.39, 0.29) is 0 Å². The second kappa shape index (κ2) is 30.8. The SMILES string of the molecule is c1ccc(-c2ccc(-c3nc(-c4ccccc4)nc(-c4ccc(-c5cccc(-c6cccc(-c7ccc8c(c7)sc7nc9ccccc9nc78)c6)c5)cc4)n3)cc2)cc1.c1ccc(-c2ccc(-c3nc(-c4ccccc4)nc(-c4ccc(-c5cccc(-c6cccc(-c7ncnc8c7sc7nc9ccccc9cc78)c6)c5)cc4)n3)cc2)cc1. The number of aromatic nitrogens is 11. The van der Waals surface area contributed by atoms with E-state index in [1.807, 2.05) is 109 Å². The van der Waals surface area contributed by atoms with Crippen LogP contribution in [-0.4, -0.2) is 54.8 Å². The Morgan fingerprint density at radius 2 is 0.483 bits per heavy atom. The maximum atomic E-state index is 5.00. The third-order valence-corrected chi connectivity index (χ3v) is 23.6. The van der Waals surface area contributed by atoms with Crippen molar-refractivity contribution in [2.75, 3.05) is 0 Å². The second-order valence-corrected chi connectivity index (χ2v) is 31.0. The lowest BCUT2D eigenvalue weighted by Gasteiger charge is -2.11. The van der Waals surface area contributed by atoms with Gasteiger partial charge in [0, 0.05) is 59.8 Å².